The van der Waals surface area contributed by atoms with Crippen LogP contribution in [0.5, 0.6) is 5.75 Å². The van der Waals surface area contributed by atoms with Crippen molar-refractivity contribution in [2.75, 3.05) is 18.4 Å². The van der Waals surface area contributed by atoms with Gasteiger partial charge in [0.15, 0.2) is 0 Å². The van der Waals surface area contributed by atoms with E-state index in [2.05, 4.69) is 20.8 Å². The number of aromatic hydroxyl groups is 1. The van der Waals surface area contributed by atoms with E-state index in [0.29, 0.717) is 17.3 Å². The Hall–Kier alpha value is -2.14. The zero-order valence-electron chi connectivity index (χ0n) is 11.2. The number of hydrogen-bond donors (Lipinski definition) is 3. The highest BCUT2D eigenvalue weighted by atomic mass is 16.3. The topological polar surface area (TPSA) is 70.1 Å². The van der Waals surface area contributed by atoms with Crippen molar-refractivity contribution in [3.8, 4) is 17.0 Å². The Morgan fingerprint density at radius 2 is 2.05 bits per heavy atom. The van der Waals surface area contributed by atoms with E-state index in [1.807, 2.05) is 24.3 Å². The monoisotopic (exact) mass is 270 g/mol. The van der Waals surface area contributed by atoms with Crippen LogP contribution in [0.4, 0.5) is 5.82 Å². The van der Waals surface area contributed by atoms with Crippen molar-refractivity contribution in [1.29, 1.82) is 0 Å². The second kappa shape index (κ2) is 5.88. The number of phenolic OH excluding ortho intramolecular Hbond substituents is 1. The number of rotatable bonds is 3. The third-order valence-corrected chi connectivity index (χ3v) is 3.49. The van der Waals surface area contributed by atoms with E-state index >= 15 is 0 Å². The first-order chi connectivity index (χ1) is 9.83. The van der Waals surface area contributed by atoms with Gasteiger partial charge in [-0.15, -0.1) is 10.2 Å². The molecule has 3 N–H and O–H groups in total. The van der Waals surface area contributed by atoms with E-state index in [1.165, 1.54) is 6.42 Å². The summed E-state index contributed by atoms with van der Waals surface area (Å²) in [4.78, 5) is 0. The van der Waals surface area contributed by atoms with Crippen molar-refractivity contribution in [3.63, 3.8) is 0 Å². The molecule has 0 spiro atoms. The number of phenols is 1. The first-order valence-electron chi connectivity index (χ1n) is 6.92. The summed E-state index contributed by atoms with van der Waals surface area (Å²) in [7, 11) is 0. The fraction of sp³-hybridized carbons (Fsp3) is 0.333. The molecule has 0 saturated carbocycles. The normalized spacial score (nSPS) is 18.7. The van der Waals surface area contributed by atoms with Gasteiger partial charge in [-0.25, -0.2) is 0 Å². The van der Waals surface area contributed by atoms with Gasteiger partial charge in [-0.3, -0.25) is 0 Å². The molecule has 20 heavy (non-hydrogen) atoms. The van der Waals surface area contributed by atoms with Gasteiger partial charge in [0, 0.05) is 18.2 Å². The Morgan fingerprint density at radius 1 is 1.15 bits per heavy atom. The van der Waals surface area contributed by atoms with E-state index in [1.54, 1.807) is 12.1 Å². The van der Waals surface area contributed by atoms with E-state index < -0.39 is 0 Å². The van der Waals surface area contributed by atoms with E-state index in [9.17, 15) is 5.11 Å². The van der Waals surface area contributed by atoms with Crippen LogP contribution in [0.2, 0.25) is 0 Å². The average molecular weight is 270 g/mol. The molecule has 0 radical (unpaired) electrons. The van der Waals surface area contributed by atoms with Gasteiger partial charge in [0.05, 0.1) is 5.69 Å². The molecule has 0 amide bonds. The lowest BCUT2D eigenvalue weighted by molar-refractivity contribution is 0.476. The number of nitrogens with one attached hydrogen (secondary N) is 2. The van der Waals surface area contributed by atoms with Crippen molar-refractivity contribution in [2.45, 2.75) is 18.9 Å². The molecule has 1 aliphatic rings. The van der Waals surface area contributed by atoms with Crippen LogP contribution in [0, 0.1) is 0 Å². The molecule has 2 aromatic rings. The lowest BCUT2D eigenvalue weighted by atomic mass is 10.1. The van der Waals surface area contributed by atoms with Gasteiger partial charge in [0.2, 0.25) is 0 Å². The highest BCUT2D eigenvalue weighted by Gasteiger charge is 2.13. The maximum Gasteiger partial charge on any atom is 0.148 e. The zero-order chi connectivity index (χ0) is 13.8. The van der Waals surface area contributed by atoms with Crippen molar-refractivity contribution < 1.29 is 5.11 Å². The van der Waals surface area contributed by atoms with E-state index in [4.69, 9.17) is 0 Å². The summed E-state index contributed by atoms with van der Waals surface area (Å²) in [5, 5.41) is 24.9. The van der Waals surface area contributed by atoms with Crippen LogP contribution < -0.4 is 10.6 Å². The first-order valence-corrected chi connectivity index (χ1v) is 6.92. The summed E-state index contributed by atoms with van der Waals surface area (Å²) in [5.41, 5.74) is 1.38. The largest absolute Gasteiger partial charge is 0.507 e. The molecular formula is C15H18N4O. The van der Waals surface area contributed by atoms with Gasteiger partial charge in [-0.2, -0.15) is 0 Å². The fourth-order valence-electron chi connectivity index (χ4n) is 2.43. The number of para-hydroxylation sites is 1. The third-order valence-electron chi connectivity index (χ3n) is 3.49. The zero-order valence-corrected chi connectivity index (χ0v) is 11.2. The smallest absolute Gasteiger partial charge is 0.148 e. The molecule has 1 aromatic heterocycles. The minimum Gasteiger partial charge on any atom is -0.507 e. The molecule has 5 nitrogen and oxygen atoms in total. The van der Waals surface area contributed by atoms with E-state index in [0.717, 1.165) is 25.3 Å². The van der Waals surface area contributed by atoms with Gasteiger partial charge in [0.1, 0.15) is 11.6 Å². The maximum atomic E-state index is 9.80. The van der Waals surface area contributed by atoms with Gasteiger partial charge in [-0.05, 0) is 43.7 Å². The Morgan fingerprint density at radius 3 is 2.75 bits per heavy atom. The van der Waals surface area contributed by atoms with Gasteiger partial charge >= 0.3 is 0 Å². The molecule has 1 aromatic carbocycles. The van der Waals surface area contributed by atoms with Gasteiger partial charge in [0.25, 0.3) is 0 Å². The molecule has 1 atom stereocenters. The quantitative estimate of drug-likeness (QED) is 0.796. The predicted octanol–water partition coefficient (Wildman–Crippen LogP) is 2.01. The standard InChI is InChI=1S/C15H18N4O/c20-14-6-2-1-5-12(14)13-7-8-15(19-18-13)17-11-4-3-9-16-10-11/h1-2,5-8,11,16,20H,3-4,9-10H2,(H,17,19)/t11-/m1/s1. The average Bonchev–Trinajstić information content (AvgIpc) is 2.50. The predicted molar refractivity (Wildman–Crippen MR) is 78.6 cm³/mol. The van der Waals surface area contributed by atoms with Crippen molar-refractivity contribution in [2.24, 2.45) is 0 Å². The van der Waals surface area contributed by atoms with Crippen LogP contribution in [0.3, 0.4) is 0 Å². The number of nitrogens with zero attached hydrogens (tertiary/aromatic N) is 2. The summed E-state index contributed by atoms with van der Waals surface area (Å²) in [6.07, 6.45) is 2.33. The highest BCUT2D eigenvalue weighted by molar-refractivity contribution is 5.66. The number of benzene rings is 1. The highest BCUT2D eigenvalue weighted by Crippen LogP contribution is 2.26. The molecule has 1 saturated heterocycles. The van der Waals surface area contributed by atoms with Crippen molar-refractivity contribution >= 4 is 5.82 Å². The Labute approximate surface area is 118 Å². The number of anilines is 1. The molecule has 2 heterocycles. The van der Waals surface area contributed by atoms with Crippen LogP contribution in [0.1, 0.15) is 12.8 Å². The van der Waals surface area contributed by atoms with Crippen LogP contribution in [-0.2, 0) is 0 Å². The van der Waals surface area contributed by atoms with Crippen LogP contribution in [-0.4, -0.2) is 34.4 Å². The number of piperidine rings is 1. The Bertz CT molecular complexity index is 564. The van der Waals surface area contributed by atoms with Crippen molar-refractivity contribution in [1.82, 2.24) is 15.5 Å². The molecule has 0 unspecified atom stereocenters. The van der Waals surface area contributed by atoms with Crippen LogP contribution in [0.25, 0.3) is 11.3 Å². The lowest BCUT2D eigenvalue weighted by Gasteiger charge is -2.24. The summed E-state index contributed by atoms with van der Waals surface area (Å²) in [5.74, 6) is 0.997. The lowest BCUT2D eigenvalue weighted by Crippen LogP contribution is -2.38. The fourth-order valence-corrected chi connectivity index (χ4v) is 2.43. The van der Waals surface area contributed by atoms with Gasteiger partial charge in [-0.1, -0.05) is 12.1 Å². The summed E-state index contributed by atoms with van der Waals surface area (Å²) >= 11 is 0. The van der Waals surface area contributed by atoms with Crippen LogP contribution in [0.15, 0.2) is 36.4 Å². The van der Waals surface area contributed by atoms with Gasteiger partial charge < -0.3 is 15.7 Å². The Kier molecular flexibility index (Phi) is 3.78. The second-order valence-electron chi connectivity index (χ2n) is 5.01. The first kappa shape index (κ1) is 12.9. The number of aromatic nitrogens is 2. The second-order valence-corrected chi connectivity index (χ2v) is 5.01. The molecule has 0 bridgehead atoms. The molecular weight excluding hydrogens is 252 g/mol. The van der Waals surface area contributed by atoms with Crippen LogP contribution >= 0.6 is 0 Å². The molecule has 104 valence electrons. The summed E-state index contributed by atoms with van der Waals surface area (Å²) in [6, 6.07) is 11.3. The molecule has 1 aliphatic heterocycles. The Balaban J connectivity index is 1.73. The molecule has 1 fully saturated rings. The summed E-state index contributed by atoms with van der Waals surface area (Å²) < 4.78 is 0. The van der Waals surface area contributed by atoms with E-state index in [-0.39, 0.29) is 5.75 Å². The summed E-state index contributed by atoms with van der Waals surface area (Å²) in [6.45, 7) is 2.05. The molecule has 3 rings (SSSR count). The minimum absolute atomic E-state index is 0.221. The SMILES string of the molecule is Oc1ccccc1-c1ccc(N[C@@H]2CCCNC2)nn1. The minimum atomic E-state index is 0.221. The third kappa shape index (κ3) is 2.88. The number of hydrogen-bond acceptors (Lipinski definition) is 5. The molecule has 5 heteroatoms. The maximum absolute atomic E-state index is 9.80. The van der Waals surface area contributed by atoms with Crippen molar-refractivity contribution in [3.05, 3.63) is 36.4 Å². The molecule has 0 aliphatic carbocycles.